The maximum atomic E-state index is 12.7. The molecule has 0 heterocycles. The van der Waals surface area contributed by atoms with Gasteiger partial charge in [-0.3, -0.25) is 9.36 Å². The zero-order chi connectivity index (χ0) is 32.2. The number of unbranched alkanes of at least 4 members (excludes halogenated alkanes) is 9. The van der Waals surface area contributed by atoms with Crippen LogP contribution in [0.2, 0.25) is 0 Å². The molecule has 0 aromatic carbocycles. The van der Waals surface area contributed by atoms with Crippen molar-refractivity contribution < 1.29 is 32.9 Å². The molecule has 0 aromatic heterocycles. The van der Waals surface area contributed by atoms with Gasteiger partial charge in [-0.05, 0) is 57.8 Å². The average molecular weight is 627 g/mol. The lowest BCUT2D eigenvalue weighted by Gasteiger charge is -2.29. The van der Waals surface area contributed by atoms with Crippen LogP contribution in [0, 0.1) is 0 Å². The molecule has 0 aliphatic heterocycles. The molecule has 0 bridgehead atoms. The number of likely N-dealkylation sites (N-methyl/N-ethyl adjacent to an activating group) is 1. The topological polar surface area (TPSA) is 108 Å². The van der Waals surface area contributed by atoms with E-state index in [4.69, 9.17) is 9.05 Å². The van der Waals surface area contributed by atoms with Gasteiger partial charge in [-0.25, -0.2) is 0 Å². The van der Waals surface area contributed by atoms with Crippen LogP contribution in [0.25, 0.3) is 0 Å². The Balaban J connectivity index is 4.75. The molecule has 9 heteroatoms. The summed E-state index contributed by atoms with van der Waals surface area (Å²) in [7, 11) is 1.21. The number of carbonyl (C=O) groups is 1. The monoisotopic (exact) mass is 626 g/mol. The molecule has 0 spiro atoms. The first-order valence-electron chi connectivity index (χ1n) is 16.5. The van der Waals surface area contributed by atoms with Gasteiger partial charge in [0.15, 0.2) is 0 Å². The number of aliphatic hydroxyl groups excluding tert-OH is 1. The van der Waals surface area contributed by atoms with Crippen LogP contribution in [0.15, 0.2) is 48.6 Å². The predicted molar refractivity (Wildman–Crippen MR) is 178 cm³/mol. The number of hydrogen-bond donors (Lipinski definition) is 2. The lowest BCUT2D eigenvalue weighted by Crippen LogP contribution is -2.45. The normalized spacial score (nSPS) is 15.6. The number of nitrogens with zero attached hydrogens (tertiary/aromatic N) is 1. The Morgan fingerprint density at radius 3 is 1.88 bits per heavy atom. The van der Waals surface area contributed by atoms with Gasteiger partial charge in [-0.15, -0.1) is 0 Å². The number of rotatable bonds is 28. The van der Waals surface area contributed by atoms with Gasteiger partial charge < -0.3 is 28.8 Å². The Morgan fingerprint density at radius 2 is 1.30 bits per heavy atom. The molecule has 0 saturated heterocycles. The van der Waals surface area contributed by atoms with Crippen molar-refractivity contribution in [3.63, 3.8) is 0 Å². The minimum atomic E-state index is -4.58. The highest BCUT2D eigenvalue weighted by Gasteiger charge is 2.23. The van der Waals surface area contributed by atoms with Crippen molar-refractivity contribution in [2.45, 2.75) is 122 Å². The summed E-state index contributed by atoms with van der Waals surface area (Å²) in [6, 6.07) is -0.909. The maximum Gasteiger partial charge on any atom is 0.268 e. The molecule has 0 radical (unpaired) electrons. The van der Waals surface area contributed by atoms with Gasteiger partial charge in [-0.2, -0.15) is 0 Å². The number of phosphoric ester groups is 1. The van der Waals surface area contributed by atoms with Crippen LogP contribution in [0.5, 0.6) is 0 Å². The number of carbonyl (C=O) groups excluding carboxylic acids is 1. The van der Waals surface area contributed by atoms with E-state index < -0.39 is 26.6 Å². The number of quaternary nitrogens is 1. The predicted octanol–water partition coefficient (Wildman–Crippen LogP) is 7.16. The number of amides is 1. The molecule has 3 unspecified atom stereocenters. The van der Waals surface area contributed by atoms with Gasteiger partial charge in [0.25, 0.3) is 7.82 Å². The van der Waals surface area contributed by atoms with Gasteiger partial charge in [-0.1, -0.05) is 94.6 Å². The highest BCUT2D eigenvalue weighted by Crippen LogP contribution is 2.38. The largest absolute Gasteiger partial charge is 0.756 e. The zero-order valence-electron chi connectivity index (χ0n) is 27.9. The van der Waals surface area contributed by atoms with Crippen molar-refractivity contribution in [1.82, 2.24) is 5.32 Å². The number of nitrogens with one attached hydrogen (secondary N) is 1. The van der Waals surface area contributed by atoms with Crippen LogP contribution in [-0.2, 0) is 18.4 Å². The van der Waals surface area contributed by atoms with Crippen LogP contribution in [0.1, 0.15) is 110 Å². The van der Waals surface area contributed by atoms with E-state index in [-0.39, 0.29) is 12.5 Å². The Hall–Kier alpha value is -1.54. The molecule has 3 atom stereocenters. The van der Waals surface area contributed by atoms with E-state index in [9.17, 15) is 19.4 Å². The molecule has 0 fully saturated rings. The van der Waals surface area contributed by atoms with E-state index in [1.54, 1.807) is 6.08 Å². The summed E-state index contributed by atoms with van der Waals surface area (Å²) in [5.41, 5.74) is 0. The fraction of sp³-hybridized carbons (Fsp3) is 0.735. The fourth-order valence-corrected chi connectivity index (χ4v) is 4.74. The molecular weight excluding hydrogens is 563 g/mol. The number of hydrogen-bond acceptors (Lipinski definition) is 6. The van der Waals surface area contributed by atoms with Gasteiger partial charge >= 0.3 is 0 Å². The third-order valence-electron chi connectivity index (χ3n) is 6.70. The molecule has 8 nitrogen and oxygen atoms in total. The summed E-state index contributed by atoms with van der Waals surface area (Å²) in [6.45, 7) is 4.41. The second-order valence-corrected chi connectivity index (χ2v) is 13.5. The van der Waals surface area contributed by atoms with Crippen molar-refractivity contribution in [3.8, 4) is 0 Å². The second-order valence-electron chi connectivity index (χ2n) is 12.1. The highest BCUT2D eigenvalue weighted by atomic mass is 31.2. The van der Waals surface area contributed by atoms with E-state index in [1.807, 2.05) is 27.2 Å². The third-order valence-corrected chi connectivity index (χ3v) is 7.67. The minimum Gasteiger partial charge on any atom is -0.756 e. The molecule has 43 heavy (non-hydrogen) atoms. The van der Waals surface area contributed by atoms with Crippen molar-refractivity contribution in [2.24, 2.45) is 0 Å². The van der Waals surface area contributed by atoms with Gasteiger partial charge in [0.05, 0.1) is 39.9 Å². The third kappa shape index (κ3) is 29.0. The lowest BCUT2D eigenvalue weighted by atomic mass is 10.1. The highest BCUT2D eigenvalue weighted by molar-refractivity contribution is 7.45. The van der Waals surface area contributed by atoms with Crippen molar-refractivity contribution >= 4 is 13.7 Å². The van der Waals surface area contributed by atoms with Crippen molar-refractivity contribution in [1.29, 1.82) is 0 Å². The van der Waals surface area contributed by atoms with E-state index in [0.717, 1.165) is 77.0 Å². The standard InChI is InChI=1S/C34H63N2O6P/c1-6-8-10-12-14-16-18-19-21-23-25-27-33(37)32(31-42-43(39,40)41-30-29-36(3,4)5)35-34(38)28-26-24-22-20-17-15-13-11-9-7-2/h10-13,18-19,25,27,32-33,37H,6-9,14-17,20-24,26,28-31H2,1-5H3,(H-,35,38,39,40)/b12-10+,13-11-,19-18+,27-25+. The summed E-state index contributed by atoms with van der Waals surface area (Å²) >= 11 is 0. The summed E-state index contributed by atoms with van der Waals surface area (Å²) in [4.78, 5) is 25.0. The van der Waals surface area contributed by atoms with Crippen LogP contribution < -0.4 is 10.2 Å². The first-order chi connectivity index (χ1) is 20.5. The van der Waals surface area contributed by atoms with Gasteiger partial charge in [0.2, 0.25) is 5.91 Å². The van der Waals surface area contributed by atoms with Crippen LogP contribution in [-0.4, -0.2) is 68.5 Å². The summed E-state index contributed by atoms with van der Waals surface area (Å²) in [5.74, 6) is -0.230. The molecule has 0 rings (SSSR count). The number of phosphoric acid groups is 1. The summed E-state index contributed by atoms with van der Waals surface area (Å²) < 4.78 is 22.9. The zero-order valence-corrected chi connectivity index (χ0v) is 28.8. The first-order valence-corrected chi connectivity index (χ1v) is 18.0. The summed E-state index contributed by atoms with van der Waals surface area (Å²) in [6.07, 6.45) is 30.2. The van der Waals surface area contributed by atoms with Crippen molar-refractivity contribution in [2.75, 3.05) is 40.9 Å². The fourth-order valence-electron chi connectivity index (χ4n) is 4.01. The van der Waals surface area contributed by atoms with Crippen molar-refractivity contribution in [3.05, 3.63) is 48.6 Å². The molecule has 2 N–H and O–H groups in total. The maximum absolute atomic E-state index is 12.7. The smallest absolute Gasteiger partial charge is 0.268 e. The Labute approximate surface area is 263 Å². The van der Waals surface area contributed by atoms with Gasteiger partial charge in [0.1, 0.15) is 13.2 Å². The number of aliphatic hydroxyl groups is 1. The molecule has 250 valence electrons. The van der Waals surface area contributed by atoms with Crippen LogP contribution in [0.3, 0.4) is 0 Å². The Bertz CT molecular complexity index is 850. The van der Waals surface area contributed by atoms with Crippen LogP contribution >= 0.6 is 7.82 Å². The SMILES string of the molecule is CCC/C=C\CCCCCCCC(=O)NC(COP(=O)([O-])OCC[N+](C)(C)C)C(O)/C=C/CC/C=C/CC/C=C/CCC. The minimum absolute atomic E-state index is 0.0126. The molecule has 1 amide bonds. The molecular formula is C34H63N2O6P. The Morgan fingerprint density at radius 1 is 0.791 bits per heavy atom. The van der Waals surface area contributed by atoms with Gasteiger partial charge in [0, 0.05) is 6.42 Å². The molecule has 0 aliphatic rings. The van der Waals surface area contributed by atoms with E-state index in [2.05, 4.69) is 55.6 Å². The average Bonchev–Trinajstić information content (AvgIpc) is 2.94. The Kier molecular flexibility index (Phi) is 25.9. The summed E-state index contributed by atoms with van der Waals surface area (Å²) in [5, 5.41) is 13.6. The van der Waals surface area contributed by atoms with Crippen LogP contribution in [0.4, 0.5) is 0 Å². The number of allylic oxidation sites excluding steroid dienone is 7. The first kappa shape index (κ1) is 41.5. The molecule has 0 aromatic rings. The quantitative estimate of drug-likeness (QED) is 0.0413. The molecule has 0 aliphatic carbocycles. The van der Waals surface area contributed by atoms with E-state index in [1.165, 1.54) is 12.8 Å². The molecule has 0 saturated carbocycles. The lowest BCUT2D eigenvalue weighted by molar-refractivity contribution is -0.870. The van der Waals surface area contributed by atoms with E-state index in [0.29, 0.717) is 17.4 Å². The second kappa shape index (κ2) is 26.8. The van der Waals surface area contributed by atoms with E-state index >= 15 is 0 Å².